The van der Waals surface area contributed by atoms with Crippen molar-refractivity contribution in [3.05, 3.63) is 182 Å². The summed E-state index contributed by atoms with van der Waals surface area (Å²) in [5.74, 6) is 1.78. The fourth-order valence-corrected chi connectivity index (χ4v) is 8.54. The van der Waals surface area contributed by atoms with E-state index in [1.54, 1.807) is 0 Å². The van der Waals surface area contributed by atoms with Crippen molar-refractivity contribution in [2.75, 3.05) is 0 Å². The van der Waals surface area contributed by atoms with Crippen LogP contribution in [0.25, 0.3) is 116 Å². The van der Waals surface area contributed by atoms with Crippen LogP contribution >= 0.6 is 0 Å². The van der Waals surface area contributed by atoms with E-state index in [9.17, 15) is 0 Å². The monoisotopic (exact) mass is 714 g/mol. The SMILES string of the molecule is c1ccc2cc(-c3nc(-c4ccc5ccccc5c4)nc(-c4c(-n5c6ccccc6c6cc7ccccc7cc65)ccc5oc6ccccc6c45)n3)ccc2c1. The number of rotatable bonds is 4. The molecule has 0 aliphatic heterocycles. The Hall–Kier alpha value is -7.63. The molecule has 3 heterocycles. The molecule has 56 heavy (non-hydrogen) atoms. The molecule has 0 aliphatic rings. The predicted octanol–water partition coefficient (Wildman–Crippen LogP) is 13.3. The highest BCUT2D eigenvalue weighted by Gasteiger charge is 2.24. The molecule has 5 nitrogen and oxygen atoms in total. The molecule has 0 radical (unpaired) electrons. The van der Waals surface area contributed by atoms with Gasteiger partial charge in [0, 0.05) is 32.7 Å². The quantitative estimate of drug-likeness (QED) is 0.182. The molecule has 0 fully saturated rings. The number of nitrogens with zero attached hydrogens (tertiary/aromatic N) is 4. The standard InChI is InChI=1S/C51H30N4O/c1-3-13-33-27-37(23-21-31(33)11-1)49-52-50(38-24-22-32-12-2-4-14-34(32)28-38)54-51(53-49)48-43(25-26-46-47(48)40-18-8-10-20-45(40)56-46)55-42-19-9-7-17-39(42)41-29-35-15-5-6-16-36(35)30-44(41)55/h1-30H. The van der Waals surface area contributed by atoms with Crippen molar-refractivity contribution < 1.29 is 4.42 Å². The van der Waals surface area contributed by atoms with E-state index in [1.807, 2.05) is 12.1 Å². The fraction of sp³-hybridized carbons (Fsp3) is 0. The van der Waals surface area contributed by atoms with Gasteiger partial charge in [-0.25, -0.2) is 15.0 Å². The Morgan fingerprint density at radius 3 is 1.57 bits per heavy atom. The first-order valence-electron chi connectivity index (χ1n) is 18.8. The molecule has 0 saturated carbocycles. The van der Waals surface area contributed by atoms with Crippen LogP contribution in [0.15, 0.2) is 186 Å². The molecule has 0 unspecified atom stereocenters. The molecular formula is C51H30N4O. The summed E-state index contributed by atoms with van der Waals surface area (Å²) in [6, 6.07) is 64.0. The van der Waals surface area contributed by atoms with Gasteiger partial charge < -0.3 is 8.98 Å². The molecule has 0 aliphatic carbocycles. The third kappa shape index (κ3) is 4.71. The first-order valence-corrected chi connectivity index (χ1v) is 18.8. The minimum absolute atomic E-state index is 0.574. The second kappa shape index (κ2) is 11.9. The van der Waals surface area contributed by atoms with Gasteiger partial charge in [-0.05, 0) is 80.8 Å². The van der Waals surface area contributed by atoms with Crippen LogP contribution in [0.2, 0.25) is 0 Å². The molecule has 0 atom stereocenters. The lowest BCUT2D eigenvalue weighted by molar-refractivity contribution is 0.669. The largest absolute Gasteiger partial charge is 0.456 e. The van der Waals surface area contributed by atoms with Crippen LogP contribution in [-0.2, 0) is 0 Å². The van der Waals surface area contributed by atoms with Gasteiger partial charge in [0.2, 0.25) is 0 Å². The Morgan fingerprint density at radius 2 is 0.893 bits per heavy atom. The molecule has 0 amide bonds. The fourth-order valence-electron chi connectivity index (χ4n) is 8.54. The molecule has 0 bridgehead atoms. The molecule has 9 aromatic carbocycles. The number of hydrogen-bond acceptors (Lipinski definition) is 4. The molecule has 12 aromatic rings. The van der Waals surface area contributed by atoms with E-state index in [4.69, 9.17) is 19.4 Å². The van der Waals surface area contributed by atoms with Crippen molar-refractivity contribution in [1.82, 2.24) is 19.5 Å². The van der Waals surface area contributed by atoms with Crippen molar-refractivity contribution in [1.29, 1.82) is 0 Å². The Kier molecular flexibility index (Phi) is 6.56. The highest BCUT2D eigenvalue weighted by molar-refractivity contribution is 6.17. The second-order valence-corrected chi connectivity index (χ2v) is 14.4. The molecule has 0 saturated heterocycles. The topological polar surface area (TPSA) is 56.7 Å². The Morgan fingerprint density at radius 1 is 0.357 bits per heavy atom. The number of fused-ring (bicyclic) bond motifs is 9. The summed E-state index contributed by atoms with van der Waals surface area (Å²) in [5, 5.41) is 11.3. The van der Waals surface area contributed by atoms with Gasteiger partial charge in [-0.1, -0.05) is 133 Å². The van der Waals surface area contributed by atoms with Crippen LogP contribution in [0, 0.1) is 0 Å². The van der Waals surface area contributed by atoms with Gasteiger partial charge in [0.25, 0.3) is 0 Å². The first-order chi connectivity index (χ1) is 27.7. The zero-order valence-corrected chi connectivity index (χ0v) is 30.0. The van der Waals surface area contributed by atoms with E-state index in [0.717, 1.165) is 76.9 Å². The minimum atomic E-state index is 0.574. The van der Waals surface area contributed by atoms with E-state index in [2.05, 4.69) is 174 Å². The average molecular weight is 715 g/mol. The van der Waals surface area contributed by atoms with Gasteiger partial charge in [0.15, 0.2) is 17.5 Å². The maximum Gasteiger partial charge on any atom is 0.166 e. The zero-order valence-electron chi connectivity index (χ0n) is 30.0. The normalized spacial score (nSPS) is 11.9. The van der Waals surface area contributed by atoms with E-state index in [0.29, 0.717) is 17.5 Å². The van der Waals surface area contributed by atoms with Gasteiger partial charge in [0.1, 0.15) is 11.2 Å². The van der Waals surface area contributed by atoms with Crippen molar-refractivity contribution in [3.8, 4) is 39.9 Å². The molecule has 0 N–H and O–H groups in total. The lowest BCUT2D eigenvalue weighted by atomic mass is 10.0. The molecular weight excluding hydrogens is 685 g/mol. The lowest BCUT2D eigenvalue weighted by Crippen LogP contribution is -2.04. The van der Waals surface area contributed by atoms with Crippen molar-refractivity contribution >= 4 is 76.1 Å². The van der Waals surface area contributed by atoms with Gasteiger partial charge in [-0.15, -0.1) is 0 Å². The summed E-state index contributed by atoms with van der Waals surface area (Å²) in [4.78, 5) is 16.0. The summed E-state index contributed by atoms with van der Waals surface area (Å²) in [5.41, 5.74) is 7.48. The maximum absolute atomic E-state index is 6.57. The van der Waals surface area contributed by atoms with Gasteiger partial charge in [-0.3, -0.25) is 0 Å². The van der Waals surface area contributed by atoms with Crippen LogP contribution in [-0.4, -0.2) is 19.5 Å². The molecule has 5 heteroatoms. The highest BCUT2D eigenvalue weighted by atomic mass is 16.3. The smallest absolute Gasteiger partial charge is 0.166 e. The first kappa shape index (κ1) is 30.8. The van der Waals surface area contributed by atoms with Crippen LogP contribution in [0.4, 0.5) is 0 Å². The van der Waals surface area contributed by atoms with Crippen molar-refractivity contribution in [2.45, 2.75) is 0 Å². The van der Waals surface area contributed by atoms with E-state index in [-0.39, 0.29) is 0 Å². The van der Waals surface area contributed by atoms with E-state index < -0.39 is 0 Å². The molecule has 260 valence electrons. The number of aromatic nitrogens is 4. The summed E-state index contributed by atoms with van der Waals surface area (Å²) >= 11 is 0. The minimum Gasteiger partial charge on any atom is -0.456 e. The van der Waals surface area contributed by atoms with Crippen molar-refractivity contribution in [2.24, 2.45) is 0 Å². The molecule has 3 aromatic heterocycles. The summed E-state index contributed by atoms with van der Waals surface area (Å²) in [6.45, 7) is 0. The highest BCUT2D eigenvalue weighted by Crippen LogP contribution is 2.44. The number of hydrogen-bond donors (Lipinski definition) is 0. The van der Waals surface area contributed by atoms with E-state index in [1.165, 1.54) is 21.5 Å². The third-order valence-corrected chi connectivity index (χ3v) is 11.2. The predicted molar refractivity (Wildman–Crippen MR) is 230 cm³/mol. The number of benzene rings is 9. The van der Waals surface area contributed by atoms with Crippen LogP contribution in [0.3, 0.4) is 0 Å². The lowest BCUT2D eigenvalue weighted by Gasteiger charge is -2.16. The second-order valence-electron chi connectivity index (χ2n) is 14.4. The Bertz CT molecular complexity index is 3460. The zero-order chi connectivity index (χ0) is 36.7. The summed E-state index contributed by atoms with van der Waals surface area (Å²) < 4.78 is 8.94. The van der Waals surface area contributed by atoms with Gasteiger partial charge in [0.05, 0.1) is 22.3 Å². The number of para-hydroxylation sites is 2. The maximum atomic E-state index is 6.57. The van der Waals surface area contributed by atoms with Crippen LogP contribution in [0.5, 0.6) is 0 Å². The molecule has 12 rings (SSSR count). The Balaban J connectivity index is 1.22. The summed E-state index contributed by atoms with van der Waals surface area (Å²) in [6.07, 6.45) is 0. The number of furan rings is 1. The third-order valence-electron chi connectivity index (χ3n) is 11.2. The van der Waals surface area contributed by atoms with Crippen LogP contribution in [0.1, 0.15) is 0 Å². The van der Waals surface area contributed by atoms with Crippen LogP contribution < -0.4 is 0 Å². The Labute approximate surface area is 320 Å². The molecule has 0 spiro atoms. The van der Waals surface area contributed by atoms with Crippen molar-refractivity contribution in [3.63, 3.8) is 0 Å². The summed E-state index contributed by atoms with van der Waals surface area (Å²) in [7, 11) is 0. The van der Waals surface area contributed by atoms with Gasteiger partial charge >= 0.3 is 0 Å². The van der Waals surface area contributed by atoms with E-state index >= 15 is 0 Å². The van der Waals surface area contributed by atoms with Gasteiger partial charge in [-0.2, -0.15) is 0 Å². The average Bonchev–Trinajstić information content (AvgIpc) is 3.80.